The van der Waals surface area contributed by atoms with Crippen LogP contribution >= 0.6 is 0 Å². The summed E-state index contributed by atoms with van der Waals surface area (Å²) >= 11 is 0. The SMILES string of the molecule is CC(C)(C)OC(=O)NCC1CCCCC1.CC(C)(C)OC(=O)NCC1CCN(c2ccc(NC(=O)OC(C)(C)C)cc2N)CC1.CC(C)(C)OC(=O)Nc1ccc(F)c([N+](=O)[O-])c1. The number of alkyl carbamates (subject to hydrolysis) is 2. The number of anilines is 4. The zero-order chi connectivity index (χ0) is 47.8. The van der Waals surface area contributed by atoms with Gasteiger partial charge in [-0.3, -0.25) is 20.7 Å². The number of benzene rings is 2. The second kappa shape index (κ2) is 23.8. The first-order chi connectivity index (χ1) is 29.0. The van der Waals surface area contributed by atoms with E-state index in [0.717, 1.165) is 50.3 Å². The van der Waals surface area contributed by atoms with Crippen LogP contribution in [-0.2, 0) is 18.9 Å². The number of piperidine rings is 1. The molecule has 17 nitrogen and oxygen atoms in total. The van der Waals surface area contributed by atoms with Crippen molar-refractivity contribution in [1.82, 2.24) is 10.6 Å². The topological polar surface area (TPSA) is 226 Å². The molecule has 1 saturated heterocycles. The number of nitrogens with zero attached hydrogens (tertiary/aromatic N) is 2. The molecule has 0 spiro atoms. The van der Waals surface area contributed by atoms with Crippen molar-refractivity contribution < 1.29 is 47.4 Å². The van der Waals surface area contributed by atoms with Crippen LogP contribution in [0.5, 0.6) is 0 Å². The second-order valence-electron chi connectivity index (χ2n) is 19.7. The number of halogens is 1. The van der Waals surface area contributed by atoms with Crippen molar-refractivity contribution in [2.45, 2.75) is 150 Å². The molecule has 1 heterocycles. The van der Waals surface area contributed by atoms with Crippen molar-refractivity contribution in [3.8, 4) is 0 Å². The van der Waals surface area contributed by atoms with Gasteiger partial charge in [0.1, 0.15) is 22.4 Å². The average Bonchev–Trinajstić information content (AvgIpc) is 3.12. The zero-order valence-electron chi connectivity index (χ0n) is 39.3. The summed E-state index contributed by atoms with van der Waals surface area (Å²) in [7, 11) is 0. The van der Waals surface area contributed by atoms with E-state index < -0.39 is 51.0 Å². The normalized spacial score (nSPS) is 14.9. The van der Waals surface area contributed by atoms with Crippen LogP contribution in [0.1, 0.15) is 128 Å². The fraction of sp³-hybridized carbons (Fsp3) is 0.644. The summed E-state index contributed by atoms with van der Waals surface area (Å²) in [5, 5.41) is 21.2. The number of amides is 4. The van der Waals surface area contributed by atoms with Gasteiger partial charge in [-0.15, -0.1) is 0 Å². The van der Waals surface area contributed by atoms with Crippen LogP contribution in [0.2, 0.25) is 0 Å². The molecule has 0 radical (unpaired) electrons. The number of hydrogen-bond acceptors (Lipinski definition) is 12. The van der Waals surface area contributed by atoms with Crippen LogP contribution < -0.4 is 31.9 Å². The van der Waals surface area contributed by atoms with Crippen molar-refractivity contribution in [3.63, 3.8) is 0 Å². The lowest BCUT2D eigenvalue weighted by atomic mass is 9.89. The summed E-state index contributed by atoms with van der Waals surface area (Å²) in [5.74, 6) is 0.101. The Balaban J connectivity index is 0.000000352. The van der Waals surface area contributed by atoms with Gasteiger partial charge in [0.2, 0.25) is 5.82 Å². The highest BCUT2D eigenvalue weighted by molar-refractivity contribution is 5.87. The largest absolute Gasteiger partial charge is 0.444 e. The molecule has 2 aromatic rings. The first-order valence-electron chi connectivity index (χ1n) is 21.5. The molecular formula is C45H72FN7O10. The summed E-state index contributed by atoms with van der Waals surface area (Å²) in [6, 6.07) is 8.54. The van der Waals surface area contributed by atoms with Gasteiger partial charge in [0.15, 0.2) is 0 Å². The Hall–Kier alpha value is -5.55. The molecule has 1 aliphatic carbocycles. The highest BCUT2D eigenvalue weighted by Gasteiger charge is 2.24. The second-order valence-corrected chi connectivity index (χ2v) is 19.7. The molecule has 0 aromatic heterocycles. The van der Waals surface area contributed by atoms with E-state index in [1.54, 1.807) is 26.8 Å². The van der Waals surface area contributed by atoms with Crippen molar-refractivity contribution in [1.29, 1.82) is 0 Å². The Morgan fingerprint density at radius 3 is 1.46 bits per heavy atom. The number of nitro groups is 1. The van der Waals surface area contributed by atoms with E-state index in [0.29, 0.717) is 29.8 Å². The van der Waals surface area contributed by atoms with Crippen LogP contribution in [-0.4, -0.2) is 77.9 Å². The predicted molar refractivity (Wildman–Crippen MR) is 244 cm³/mol. The molecule has 0 bridgehead atoms. The summed E-state index contributed by atoms with van der Waals surface area (Å²) in [4.78, 5) is 58.4. The van der Waals surface area contributed by atoms with Crippen molar-refractivity contribution in [2.24, 2.45) is 11.8 Å². The Kier molecular flexibility index (Phi) is 20.2. The summed E-state index contributed by atoms with van der Waals surface area (Å²) in [6.45, 7) is 24.8. The fourth-order valence-electron chi connectivity index (χ4n) is 6.35. The third-order valence-electron chi connectivity index (χ3n) is 9.01. The molecule has 0 unspecified atom stereocenters. The average molecular weight is 890 g/mol. The monoisotopic (exact) mass is 890 g/mol. The quantitative estimate of drug-likeness (QED) is 0.0722. The minimum atomic E-state index is -0.963. The molecule has 63 heavy (non-hydrogen) atoms. The van der Waals surface area contributed by atoms with Crippen molar-refractivity contribution in [3.05, 3.63) is 52.3 Å². The number of nitrogen functional groups attached to an aromatic ring is 1. The smallest absolute Gasteiger partial charge is 0.412 e. The van der Waals surface area contributed by atoms with E-state index in [1.807, 2.05) is 74.4 Å². The maximum Gasteiger partial charge on any atom is 0.412 e. The number of nitrogens with two attached hydrogens (primary N) is 1. The van der Waals surface area contributed by atoms with E-state index >= 15 is 0 Å². The van der Waals surface area contributed by atoms with E-state index in [4.69, 9.17) is 24.7 Å². The van der Waals surface area contributed by atoms with Gasteiger partial charge in [-0.05, 0) is 151 Å². The molecule has 4 amide bonds. The molecule has 1 aliphatic heterocycles. The maximum absolute atomic E-state index is 13.0. The van der Waals surface area contributed by atoms with E-state index in [2.05, 4.69) is 26.2 Å². The molecular weight excluding hydrogens is 818 g/mol. The van der Waals surface area contributed by atoms with E-state index in [9.17, 15) is 33.7 Å². The van der Waals surface area contributed by atoms with Crippen LogP contribution in [0.15, 0.2) is 36.4 Å². The lowest BCUT2D eigenvalue weighted by molar-refractivity contribution is -0.387. The number of nitrogens with one attached hydrogen (secondary N) is 4. The summed E-state index contributed by atoms with van der Waals surface area (Å²) in [5.41, 5.74) is 5.66. The molecule has 2 aliphatic rings. The van der Waals surface area contributed by atoms with Gasteiger partial charge in [0, 0.05) is 37.9 Å². The van der Waals surface area contributed by atoms with Gasteiger partial charge in [-0.1, -0.05) is 19.3 Å². The van der Waals surface area contributed by atoms with Gasteiger partial charge >= 0.3 is 30.1 Å². The minimum Gasteiger partial charge on any atom is -0.444 e. The molecule has 2 fully saturated rings. The van der Waals surface area contributed by atoms with Crippen molar-refractivity contribution >= 4 is 52.8 Å². The van der Waals surface area contributed by atoms with Crippen LogP contribution in [0.4, 0.5) is 52.0 Å². The lowest BCUT2D eigenvalue weighted by Gasteiger charge is -2.34. The minimum absolute atomic E-state index is 0.0948. The zero-order valence-corrected chi connectivity index (χ0v) is 39.3. The number of carbonyl (C=O) groups excluding carboxylic acids is 4. The maximum atomic E-state index is 13.0. The first kappa shape index (κ1) is 53.6. The highest BCUT2D eigenvalue weighted by Crippen LogP contribution is 2.31. The lowest BCUT2D eigenvalue weighted by Crippen LogP contribution is -2.40. The summed E-state index contributed by atoms with van der Waals surface area (Å²) < 4.78 is 33.7. The van der Waals surface area contributed by atoms with Gasteiger partial charge in [-0.25, -0.2) is 19.2 Å². The van der Waals surface area contributed by atoms with E-state index in [-0.39, 0.29) is 17.9 Å². The molecule has 354 valence electrons. The highest BCUT2D eigenvalue weighted by atomic mass is 19.1. The molecule has 1 saturated carbocycles. The summed E-state index contributed by atoms with van der Waals surface area (Å²) in [6.07, 6.45) is 6.43. The number of rotatable bonds is 8. The number of ether oxygens (including phenoxy) is 4. The Morgan fingerprint density at radius 2 is 1.05 bits per heavy atom. The third kappa shape index (κ3) is 23.5. The van der Waals surface area contributed by atoms with Gasteiger partial charge in [0.05, 0.1) is 22.0 Å². The van der Waals surface area contributed by atoms with Gasteiger partial charge < -0.3 is 40.2 Å². The predicted octanol–water partition coefficient (Wildman–Crippen LogP) is 10.5. The fourth-order valence-corrected chi connectivity index (χ4v) is 6.35. The van der Waals surface area contributed by atoms with Gasteiger partial charge in [0.25, 0.3) is 0 Å². The Morgan fingerprint density at radius 1 is 0.651 bits per heavy atom. The van der Waals surface area contributed by atoms with Gasteiger partial charge in [-0.2, -0.15) is 4.39 Å². The molecule has 0 atom stereocenters. The molecule has 4 rings (SSSR count). The number of hydrogen-bond donors (Lipinski definition) is 5. The van der Waals surface area contributed by atoms with Crippen LogP contribution in [0, 0.1) is 27.8 Å². The standard InChI is InChI=1S/C22H36N4O4.C12H23NO2.C11H13FN2O4/c1-21(2,3)29-19(27)24-14-15-9-11-26(12-10-15)18-8-7-16(13-17(18)23)25-20(28)30-22(4,5)6;1-12(2,3)15-11(14)13-9-10-7-5-4-6-8-10;1-11(2,3)18-10(15)13-7-4-5-8(12)9(6-7)14(16)17/h7-8,13,15H,9-12,14,23H2,1-6H3,(H,24,27)(H,25,28);10H,4-9H2,1-3H3,(H,13,14);4-6H,1-3H3,(H,13,15). The number of carbonyl (C=O) groups is 4. The third-order valence-corrected chi connectivity index (χ3v) is 9.01. The van der Waals surface area contributed by atoms with Crippen molar-refractivity contribution in [2.75, 3.05) is 47.4 Å². The molecule has 18 heteroatoms. The molecule has 6 N–H and O–H groups in total. The Bertz CT molecular complexity index is 1820. The first-order valence-corrected chi connectivity index (χ1v) is 21.5. The Labute approximate surface area is 372 Å². The van der Waals surface area contributed by atoms with Crippen LogP contribution in [0.25, 0.3) is 0 Å². The number of nitro benzene ring substituents is 1. The van der Waals surface area contributed by atoms with E-state index in [1.165, 1.54) is 38.2 Å². The molecule has 2 aromatic carbocycles. The van der Waals surface area contributed by atoms with Crippen LogP contribution in [0.3, 0.4) is 0 Å².